The summed E-state index contributed by atoms with van der Waals surface area (Å²) in [6.07, 6.45) is 7.50. The Morgan fingerprint density at radius 1 is 1.41 bits per heavy atom. The van der Waals surface area contributed by atoms with Crippen molar-refractivity contribution in [3.8, 4) is 0 Å². The third-order valence-electron chi connectivity index (χ3n) is 2.87. The normalized spacial score (nSPS) is 23.1. The van der Waals surface area contributed by atoms with Gasteiger partial charge in [-0.25, -0.2) is 4.79 Å². The summed E-state index contributed by atoms with van der Waals surface area (Å²) in [5.74, 6) is -0.836. The number of aliphatic carboxylic acids is 1. The van der Waals surface area contributed by atoms with E-state index in [1.54, 1.807) is 0 Å². The first-order valence-corrected chi connectivity index (χ1v) is 5.95. The zero-order chi connectivity index (χ0) is 12.7. The zero-order valence-electron chi connectivity index (χ0n) is 10.2. The molecule has 5 nitrogen and oxygen atoms in total. The highest BCUT2D eigenvalue weighted by atomic mass is 16.4. The Balaban J connectivity index is 2.20. The topological polar surface area (TPSA) is 78.4 Å². The van der Waals surface area contributed by atoms with Gasteiger partial charge in [0.25, 0.3) is 0 Å². The van der Waals surface area contributed by atoms with E-state index in [0.717, 1.165) is 19.3 Å². The molecular formula is C12H20N2O3. The van der Waals surface area contributed by atoms with Crippen LogP contribution in [0.5, 0.6) is 0 Å². The molecule has 2 amide bonds. The fourth-order valence-corrected chi connectivity index (χ4v) is 1.84. The van der Waals surface area contributed by atoms with E-state index in [4.69, 9.17) is 5.11 Å². The van der Waals surface area contributed by atoms with Crippen molar-refractivity contribution >= 4 is 12.0 Å². The second-order valence-corrected chi connectivity index (χ2v) is 4.65. The van der Waals surface area contributed by atoms with E-state index in [2.05, 4.69) is 22.8 Å². The maximum atomic E-state index is 11.6. The van der Waals surface area contributed by atoms with Crippen molar-refractivity contribution in [3.63, 3.8) is 0 Å². The Morgan fingerprint density at radius 2 is 2.18 bits per heavy atom. The summed E-state index contributed by atoms with van der Waals surface area (Å²) in [4.78, 5) is 21.8. The predicted molar refractivity (Wildman–Crippen MR) is 64.8 cm³/mol. The van der Waals surface area contributed by atoms with Gasteiger partial charge in [-0.2, -0.15) is 0 Å². The van der Waals surface area contributed by atoms with Gasteiger partial charge >= 0.3 is 12.0 Å². The van der Waals surface area contributed by atoms with E-state index in [-0.39, 0.29) is 18.0 Å². The SMILES string of the molecule is CC1(NC(=O)NCCCC(=O)O)CC=CCC1. The highest BCUT2D eigenvalue weighted by Crippen LogP contribution is 2.22. The third kappa shape index (κ3) is 5.38. The number of allylic oxidation sites excluding steroid dienone is 1. The number of carboxylic acid groups (broad SMARTS) is 1. The molecule has 0 aromatic carbocycles. The number of urea groups is 1. The van der Waals surface area contributed by atoms with Crippen LogP contribution in [0.1, 0.15) is 39.0 Å². The van der Waals surface area contributed by atoms with Crippen LogP contribution < -0.4 is 10.6 Å². The molecule has 0 spiro atoms. The summed E-state index contributed by atoms with van der Waals surface area (Å²) in [6.45, 7) is 2.41. The Kier molecular flexibility index (Phi) is 5.00. The van der Waals surface area contributed by atoms with Crippen molar-refractivity contribution in [1.82, 2.24) is 10.6 Å². The third-order valence-corrected chi connectivity index (χ3v) is 2.87. The average molecular weight is 240 g/mol. The van der Waals surface area contributed by atoms with Crippen molar-refractivity contribution in [2.75, 3.05) is 6.54 Å². The van der Waals surface area contributed by atoms with E-state index < -0.39 is 5.97 Å². The summed E-state index contributed by atoms with van der Waals surface area (Å²) in [6, 6.07) is -0.215. The van der Waals surface area contributed by atoms with E-state index in [9.17, 15) is 9.59 Å². The molecule has 0 saturated heterocycles. The zero-order valence-corrected chi connectivity index (χ0v) is 10.2. The van der Waals surface area contributed by atoms with Crippen LogP contribution in [0, 0.1) is 0 Å². The molecule has 1 aliphatic rings. The lowest BCUT2D eigenvalue weighted by Crippen LogP contribution is -2.50. The molecule has 1 aliphatic carbocycles. The minimum atomic E-state index is -0.836. The second-order valence-electron chi connectivity index (χ2n) is 4.65. The molecule has 0 aromatic rings. The number of nitrogens with one attached hydrogen (secondary N) is 2. The summed E-state index contributed by atoms with van der Waals surface area (Å²) < 4.78 is 0. The Bertz CT molecular complexity index is 315. The highest BCUT2D eigenvalue weighted by molar-refractivity contribution is 5.74. The van der Waals surface area contributed by atoms with Gasteiger partial charge in [0.1, 0.15) is 0 Å². The largest absolute Gasteiger partial charge is 0.481 e. The van der Waals surface area contributed by atoms with Crippen LogP contribution in [0.4, 0.5) is 4.79 Å². The highest BCUT2D eigenvalue weighted by Gasteiger charge is 2.25. The molecule has 0 fully saturated rings. The average Bonchev–Trinajstić information content (AvgIpc) is 2.24. The summed E-state index contributed by atoms with van der Waals surface area (Å²) in [7, 11) is 0. The summed E-state index contributed by atoms with van der Waals surface area (Å²) >= 11 is 0. The Morgan fingerprint density at radius 3 is 2.76 bits per heavy atom. The molecule has 1 unspecified atom stereocenters. The maximum absolute atomic E-state index is 11.6. The lowest BCUT2D eigenvalue weighted by molar-refractivity contribution is -0.137. The lowest BCUT2D eigenvalue weighted by atomic mass is 9.88. The number of rotatable bonds is 5. The molecule has 17 heavy (non-hydrogen) atoms. The fraction of sp³-hybridized carbons (Fsp3) is 0.667. The minimum absolute atomic E-state index is 0.0836. The van der Waals surface area contributed by atoms with Crippen LogP contribution in [-0.2, 0) is 4.79 Å². The van der Waals surface area contributed by atoms with Gasteiger partial charge in [0.2, 0.25) is 0 Å². The molecule has 5 heteroatoms. The van der Waals surface area contributed by atoms with E-state index >= 15 is 0 Å². The molecule has 0 radical (unpaired) electrons. The molecule has 0 aliphatic heterocycles. The van der Waals surface area contributed by atoms with Gasteiger partial charge < -0.3 is 15.7 Å². The molecular weight excluding hydrogens is 220 g/mol. The molecule has 96 valence electrons. The summed E-state index contributed by atoms with van der Waals surface area (Å²) in [5.41, 5.74) is -0.175. The summed E-state index contributed by atoms with van der Waals surface area (Å²) in [5, 5.41) is 14.1. The Hall–Kier alpha value is -1.52. The molecule has 0 bridgehead atoms. The number of hydrogen-bond donors (Lipinski definition) is 3. The van der Waals surface area contributed by atoms with Crippen molar-refractivity contribution < 1.29 is 14.7 Å². The van der Waals surface area contributed by atoms with Gasteiger partial charge in [0, 0.05) is 18.5 Å². The van der Waals surface area contributed by atoms with Crippen molar-refractivity contribution in [2.45, 2.75) is 44.6 Å². The molecule has 0 heterocycles. The molecule has 3 N–H and O–H groups in total. The monoisotopic (exact) mass is 240 g/mol. The van der Waals surface area contributed by atoms with Crippen LogP contribution in [-0.4, -0.2) is 29.2 Å². The van der Waals surface area contributed by atoms with Crippen molar-refractivity contribution in [2.24, 2.45) is 0 Å². The van der Waals surface area contributed by atoms with E-state index in [1.165, 1.54) is 0 Å². The number of carbonyl (C=O) groups is 2. The number of carboxylic acids is 1. The molecule has 1 rings (SSSR count). The lowest BCUT2D eigenvalue weighted by Gasteiger charge is -2.31. The van der Waals surface area contributed by atoms with Gasteiger partial charge in [-0.3, -0.25) is 4.79 Å². The minimum Gasteiger partial charge on any atom is -0.481 e. The standard InChI is InChI=1S/C12H20N2O3/c1-12(7-3-2-4-8-12)14-11(17)13-9-5-6-10(15)16/h2-3H,4-9H2,1H3,(H,15,16)(H2,13,14,17). The first-order valence-electron chi connectivity index (χ1n) is 5.95. The maximum Gasteiger partial charge on any atom is 0.315 e. The van der Waals surface area contributed by atoms with Crippen LogP contribution in [0.2, 0.25) is 0 Å². The van der Waals surface area contributed by atoms with Crippen LogP contribution in [0.3, 0.4) is 0 Å². The first-order chi connectivity index (χ1) is 8.02. The smallest absolute Gasteiger partial charge is 0.315 e. The van der Waals surface area contributed by atoms with Crippen molar-refractivity contribution in [3.05, 3.63) is 12.2 Å². The second kappa shape index (κ2) is 6.27. The fourth-order valence-electron chi connectivity index (χ4n) is 1.84. The van der Waals surface area contributed by atoms with Gasteiger partial charge in [-0.05, 0) is 32.6 Å². The Labute approximate surface area is 101 Å². The molecule has 0 aromatic heterocycles. The first kappa shape index (κ1) is 13.5. The van der Waals surface area contributed by atoms with Crippen LogP contribution >= 0.6 is 0 Å². The quantitative estimate of drug-likeness (QED) is 0.505. The van der Waals surface area contributed by atoms with Gasteiger partial charge in [0.15, 0.2) is 0 Å². The van der Waals surface area contributed by atoms with Gasteiger partial charge in [0.05, 0.1) is 0 Å². The van der Waals surface area contributed by atoms with Crippen molar-refractivity contribution in [1.29, 1.82) is 0 Å². The number of carbonyl (C=O) groups excluding carboxylic acids is 1. The number of hydrogen-bond acceptors (Lipinski definition) is 2. The van der Waals surface area contributed by atoms with E-state index in [0.29, 0.717) is 13.0 Å². The van der Waals surface area contributed by atoms with Gasteiger partial charge in [-0.1, -0.05) is 12.2 Å². The van der Waals surface area contributed by atoms with E-state index in [1.807, 2.05) is 6.92 Å². The van der Waals surface area contributed by atoms with Crippen LogP contribution in [0.15, 0.2) is 12.2 Å². The molecule has 1 atom stereocenters. The van der Waals surface area contributed by atoms with Crippen LogP contribution in [0.25, 0.3) is 0 Å². The predicted octanol–water partition coefficient (Wildman–Crippen LogP) is 1.65. The van der Waals surface area contributed by atoms with Gasteiger partial charge in [-0.15, -0.1) is 0 Å². The number of amides is 2. The molecule has 0 saturated carbocycles.